The van der Waals surface area contributed by atoms with Crippen LogP contribution in [-0.4, -0.2) is 42.0 Å². The van der Waals surface area contributed by atoms with Crippen LogP contribution in [0.25, 0.3) is 0 Å². The molecule has 0 saturated carbocycles. The predicted octanol–water partition coefficient (Wildman–Crippen LogP) is 1.80. The quantitative estimate of drug-likeness (QED) is 0.439. The first kappa shape index (κ1) is 19.5. The van der Waals surface area contributed by atoms with Gasteiger partial charge in [-0.2, -0.15) is 0 Å². The topological polar surface area (TPSA) is 113 Å². The van der Waals surface area contributed by atoms with Crippen LogP contribution in [0.2, 0.25) is 0 Å². The van der Waals surface area contributed by atoms with Crippen LogP contribution in [0, 0.1) is 10.1 Å². The first-order valence-electron chi connectivity index (χ1n) is 8.82. The van der Waals surface area contributed by atoms with Gasteiger partial charge < -0.3 is 19.5 Å². The number of nitrogens with zero attached hydrogens (tertiary/aromatic N) is 2. The van der Waals surface area contributed by atoms with Crippen molar-refractivity contribution in [1.82, 2.24) is 0 Å². The molecule has 8 heteroatoms. The number of benzene rings is 2. The number of rotatable bonds is 5. The van der Waals surface area contributed by atoms with Crippen molar-refractivity contribution in [2.45, 2.75) is 26.1 Å². The number of ether oxygens (including phenoxy) is 1. The summed E-state index contributed by atoms with van der Waals surface area (Å²) in [6.07, 6.45) is -0.167. The Balaban J connectivity index is 2.01. The Morgan fingerprint density at radius 1 is 1.07 bits per heavy atom. The zero-order chi connectivity index (χ0) is 20.4. The highest BCUT2D eigenvalue weighted by Gasteiger charge is 2.28. The lowest BCUT2D eigenvalue weighted by molar-refractivity contribution is -0.384. The highest BCUT2D eigenvalue weighted by molar-refractivity contribution is 6.14. The normalized spacial score (nSPS) is 19.3. The molecule has 2 aromatic rings. The zero-order valence-corrected chi connectivity index (χ0v) is 15.5. The summed E-state index contributed by atoms with van der Waals surface area (Å²) in [4.78, 5) is 37.0. The Labute approximate surface area is 161 Å². The first-order chi connectivity index (χ1) is 13.3. The van der Waals surface area contributed by atoms with Crippen molar-refractivity contribution in [3.05, 3.63) is 69.3 Å². The summed E-state index contributed by atoms with van der Waals surface area (Å²) in [7, 11) is 0. The van der Waals surface area contributed by atoms with E-state index in [1.807, 2.05) is 18.7 Å². The number of carboxylic acid groups (broad SMARTS) is 1. The van der Waals surface area contributed by atoms with Gasteiger partial charge in [0, 0.05) is 35.8 Å². The van der Waals surface area contributed by atoms with Crippen molar-refractivity contribution in [3.63, 3.8) is 0 Å². The molecule has 0 bridgehead atoms. The lowest BCUT2D eigenvalue weighted by Gasteiger charge is -2.36. The average Bonchev–Trinajstić information content (AvgIpc) is 2.66. The third kappa shape index (κ3) is 3.86. The Hall–Kier alpha value is -3.26. The van der Waals surface area contributed by atoms with Gasteiger partial charge in [-0.1, -0.05) is 24.3 Å². The molecule has 0 amide bonds. The molecule has 0 spiro atoms. The minimum Gasteiger partial charge on any atom is -0.545 e. The van der Waals surface area contributed by atoms with Crippen LogP contribution >= 0.6 is 0 Å². The maximum absolute atomic E-state index is 12.8. The van der Waals surface area contributed by atoms with Gasteiger partial charge in [-0.25, -0.2) is 0 Å². The van der Waals surface area contributed by atoms with Crippen molar-refractivity contribution >= 4 is 23.1 Å². The van der Waals surface area contributed by atoms with Crippen LogP contribution in [0.5, 0.6) is 0 Å². The van der Waals surface area contributed by atoms with Gasteiger partial charge in [-0.05, 0) is 26.0 Å². The fourth-order valence-corrected chi connectivity index (χ4v) is 3.47. The summed E-state index contributed by atoms with van der Waals surface area (Å²) in [6, 6.07) is 9.82. The molecule has 8 nitrogen and oxygen atoms in total. The molecule has 1 fully saturated rings. The summed E-state index contributed by atoms with van der Waals surface area (Å²) in [5, 5.41) is 22.9. The van der Waals surface area contributed by atoms with E-state index in [9.17, 15) is 24.8 Å². The Bertz CT molecular complexity index is 932. The van der Waals surface area contributed by atoms with Crippen molar-refractivity contribution in [3.8, 4) is 0 Å². The fourth-order valence-electron chi connectivity index (χ4n) is 3.47. The van der Waals surface area contributed by atoms with Gasteiger partial charge in [0.2, 0.25) is 0 Å². The number of nitro groups is 1. The molecule has 2 aromatic carbocycles. The number of hydrogen-bond donors (Lipinski definition) is 0. The van der Waals surface area contributed by atoms with Gasteiger partial charge in [0.25, 0.3) is 5.69 Å². The number of carbonyl (C=O) groups is 2. The maximum atomic E-state index is 12.8. The molecule has 1 aliphatic heterocycles. The van der Waals surface area contributed by atoms with E-state index in [0.29, 0.717) is 18.8 Å². The van der Waals surface area contributed by atoms with Gasteiger partial charge in [-0.15, -0.1) is 0 Å². The van der Waals surface area contributed by atoms with Crippen LogP contribution in [-0.2, 0) is 4.74 Å². The lowest BCUT2D eigenvalue weighted by atomic mass is 9.97. The van der Waals surface area contributed by atoms with Crippen molar-refractivity contribution in [1.29, 1.82) is 0 Å². The number of anilines is 1. The number of hydrogen-bond acceptors (Lipinski definition) is 7. The monoisotopic (exact) mass is 383 g/mol. The maximum Gasteiger partial charge on any atom is 0.293 e. The van der Waals surface area contributed by atoms with Crippen molar-refractivity contribution in [2.75, 3.05) is 18.0 Å². The Morgan fingerprint density at radius 2 is 1.68 bits per heavy atom. The van der Waals surface area contributed by atoms with Gasteiger partial charge in [-0.3, -0.25) is 14.9 Å². The fraction of sp³-hybridized carbons (Fsp3) is 0.300. The van der Waals surface area contributed by atoms with Crippen LogP contribution in [0.3, 0.4) is 0 Å². The summed E-state index contributed by atoms with van der Waals surface area (Å²) < 4.78 is 5.67. The molecule has 2 atom stereocenters. The van der Waals surface area contributed by atoms with E-state index in [1.54, 1.807) is 0 Å². The number of ketones is 1. The third-order valence-corrected chi connectivity index (χ3v) is 4.59. The standard InChI is InChI=1S/C20H20N2O6/c1-12-10-21(11-13(2)28-12)17-8-7-14(9-18(17)22(26)27)19(23)15-5-3-4-6-16(15)20(24)25/h3-9,12-13H,10-11H2,1-2H3,(H,24,25)/p-1/t12-,13-/m1/s1. The van der Waals surface area contributed by atoms with E-state index in [4.69, 9.17) is 4.74 Å². The molecule has 3 rings (SSSR count). The molecule has 0 aromatic heterocycles. The highest BCUT2D eigenvalue weighted by Crippen LogP contribution is 2.32. The summed E-state index contributed by atoms with van der Waals surface area (Å²) in [6.45, 7) is 4.77. The highest BCUT2D eigenvalue weighted by atomic mass is 16.6. The van der Waals surface area contributed by atoms with Gasteiger partial charge in [0.15, 0.2) is 5.78 Å². The van der Waals surface area contributed by atoms with Crippen molar-refractivity contribution < 1.29 is 24.4 Å². The van der Waals surface area contributed by atoms with Crippen LogP contribution in [0.15, 0.2) is 42.5 Å². The van der Waals surface area contributed by atoms with E-state index >= 15 is 0 Å². The molecule has 146 valence electrons. The molecule has 0 unspecified atom stereocenters. The summed E-state index contributed by atoms with van der Waals surface area (Å²) in [5.74, 6) is -2.09. The number of aromatic carboxylic acids is 1. The van der Waals surface area contributed by atoms with Gasteiger partial charge >= 0.3 is 0 Å². The molecule has 1 aliphatic rings. The molecular weight excluding hydrogens is 364 g/mol. The largest absolute Gasteiger partial charge is 0.545 e. The lowest BCUT2D eigenvalue weighted by Crippen LogP contribution is -2.45. The SMILES string of the molecule is C[C@@H]1CN(c2ccc(C(=O)c3ccccc3C(=O)[O-])cc2[N+](=O)[O-])C[C@@H](C)O1. The molecule has 1 saturated heterocycles. The smallest absolute Gasteiger partial charge is 0.293 e. The van der Waals surface area contributed by atoms with E-state index in [1.165, 1.54) is 42.5 Å². The van der Waals surface area contributed by atoms with E-state index in [0.717, 1.165) is 0 Å². The van der Waals surface area contributed by atoms with E-state index in [-0.39, 0.29) is 34.6 Å². The Kier molecular flexibility index (Phi) is 5.41. The molecule has 0 aliphatic carbocycles. The molecule has 0 radical (unpaired) electrons. The minimum absolute atomic E-state index is 0.0403. The average molecular weight is 383 g/mol. The van der Waals surface area contributed by atoms with Crippen LogP contribution < -0.4 is 10.0 Å². The first-order valence-corrected chi connectivity index (χ1v) is 8.82. The Morgan fingerprint density at radius 3 is 2.25 bits per heavy atom. The molecule has 28 heavy (non-hydrogen) atoms. The zero-order valence-electron chi connectivity index (χ0n) is 15.5. The van der Waals surface area contributed by atoms with E-state index in [2.05, 4.69) is 0 Å². The number of morpholine rings is 1. The number of nitro benzene ring substituents is 1. The second kappa shape index (κ2) is 7.77. The van der Waals surface area contributed by atoms with Crippen LogP contribution in [0.1, 0.15) is 40.1 Å². The third-order valence-electron chi connectivity index (χ3n) is 4.59. The van der Waals surface area contributed by atoms with Gasteiger partial charge in [0.05, 0.1) is 23.1 Å². The second-order valence-corrected chi connectivity index (χ2v) is 6.79. The molecule has 1 heterocycles. The van der Waals surface area contributed by atoms with Gasteiger partial charge in [0.1, 0.15) is 5.69 Å². The molecule has 0 N–H and O–H groups in total. The summed E-state index contributed by atoms with van der Waals surface area (Å²) >= 11 is 0. The predicted molar refractivity (Wildman–Crippen MR) is 99.5 cm³/mol. The number of carbonyl (C=O) groups excluding carboxylic acids is 2. The molecular formula is C20H19N2O6-. The van der Waals surface area contributed by atoms with E-state index < -0.39 is 16.7 Å². The number of carboxylic acids is 1. The summed E-state index contributed by atoms with van der Waals surface area (Å²) in [5.41, 5.74) is -0.0958. The van der Waals surface area contributed by atoms with Crippen LogP contribution in [0.4, 0.5) is 11.4 Å². The van der Waals surface area contributed by atoms with Crippen molar-refractivity contribution in [2.24, 2.45) is 0 Å². The second-order valence-electron chi connectivity index (χ2n) is 6.79. The minimum atomic E-state index is -1.48.